The Bertz CT molecular complexity index is 680. The number of hydrogen-bond acceptors (Lipinski definition) is 3. The number of nitriles is 1. The van der Waals surface area contributed by atoms with Crippen molar-refractivity contribution in [2.75, 3.05) is 0 Å². The van der Waals surface area contributed by atoms with Crippen LogP contribution in [0.3, 0.4) is 0 Å². The molecule has 3 aliphatic rings. The van der Waals surface area contributed by atoms with Crippen LogP contribution in [0, 0.1) is 32.3 Å². The Kier molecular flexibility index (Phi) is 5.65. The summed E-state index contributed by atoms with van der Waals surface area (Å²) in [5, 5.41) is 20.2. The summed E-state index contributed by atoms with van der Waals surface area (Å²) in [5.41, 5.74) is 2.18. The number of hydrogen-bond donors (Lipinski definition) is 0. The van der Waals surface area contributed by atoms with Crippen molar-refractivity contribution in [3.8, 4) is 6.07 Å². The molecule has 0 unspecified atom stereocenters. The number of benzene rings is 1. The molecule has 1 aromatic carbocycles. The number of fused-ring (bicyclic) bond motifs is 3. The van der Waals surface area contributed by atoms with Crippen LogP contribution in [-0.2, 0) is 6.42 Å². The molecule has 3 fully saturated rings. The molecule has 4 rings (SSSR count). The topological polar surface area (TPSA) is 66.9 Å². The fourth-order valence-electron chi connectivity index (χ4n) is 5.23. The summed E-state index contributed by atoms with van der Waals surface area (Å²) in [6.45, 7) is 2.28. The van der Waals surface area contributed by atoms with Crippen LogP contribution in [0.2, 0.25) is 0 Å². The molecular weight excluding hydrogens is 324 g/mol. The summed E-state index contributed by atoms with van der Waals surface area (Å²) in [4.78, 5) is 10.7. The largest absolute Gasteiger partial charge is 0.287 e. The molecule has 4 nitrogen and oxygen atoms in total. The molecule has 0 heterocycles. The number of unbranched alkanes of at least 4 members (excludes halogenated alkanes) is 2. The van der Waals surface area contributed by atoms with Crippen LogP contribution in [0.5, 0.6) is 0 Å². The maximum absolute atomic E-state index is 11.2. The Balaban J connectivity index is 1.59. The molecular formula is C22H30N2O2. The molecule has 1 aromatic rings. The van der Waals surface area contributed by atoms with Crippen molar-refractivity contribution >= 4 is 5.69 Å². The van der Waals surface area contributed by atoms with E-state index in [-0.39, 0.29) is 11.3 Å². The molecule has 3 aliphatic carbocycles. The molecule has 0 aromatic heterocycles. The number of nitro groups is 1. The lowest BCUT2D eigenvalue weighted by Gasteiger charge is -2.54. The molecule has 2 bridgehead atoms. The van der Waals surface area contributed by atoms with Crippen LogP contribution < -0.4 is 0 Å². The van der Waals surface area contributed by atoms with E-state index in [0.717, 1.165) is 18.4 Å². The third kappa shape index (κ3) is 3.92. The number of nitro benzene ring substituents is 1. The highest BCUT2D eigenvalue weighted by Crippen LogP contribution is 2.60. The van der Waals surface area contributed by atoms with Gasteiger partial charge in [-0.25, -0.2) is 0 Å². The highest BCUT2D eigenvalue weighted by molar-refractivity contribution is 5.50. The van der Waals surface area contributed by atoms with Gasteiger partial charge < -0.3 is 0 Å². The second-order valence-electron chi connectivity index (χ2n) is 8.68. The van der Waals surface area contributed by atoms with Crippen LogP contribution in [-0.4, -0.2) is 4.92 Å². The van der Waals surface area contributed by atoms with Crippen LogP contribution >= 0.6 is 0 Å². The lowest BCUT2D eigenvalue weighted by molar-refractivity contribution is -0.385. The third-order valence-corrected chi connectivity index (χ3v) is 7.19. The van der Waals surface area contributed by atoms with Crippen molar-refractivity contribution in [1.82, 2.24) is 0 Å². The van der Waals surface area contributed by atoms with E-state index in [0.29, 0.717) is 10.8 Å². The summed E-state index contributed by atoms with van der Waals surface area (Å²) < 4.78 is 0. The molecule has 0 atom stereocenters. The quantitative estimate of drug-likeness (QED) is 0.311. The van der Waals surface area contributed by atoms with Gasteiger partial charge in [0.25, 0.3) is 5.69 Å². The fraction of sp³-hybridized carbons (Fsp3) is 0.682. The third-order valence-electron chi connectivity index (χ3n) is 7.19. The van der Waals surface area contributed by atoms with E-state index in [9.17, 15) is 10.1 Å². The van der Waals surface area contributed by atoms with Crippen LogP contribution in [0.1, 0.15) is 88.7 Å². The zero-order valence-corrected chi connectivity index (χ0v) is 15.9. The van der Waals surface area contributed by atoms with E-state index < -0.39 is 4.92 Å². The summed E-state index contributed by atoms with van der Waals surface area (Å²) in [5.74, 6) is 0. The Labute approximate surface area is 156 Å². The van der Waals surface area contributed by atoms with Gasteiger partial charge in [-0.1, -0.05) is 32.3 Å². The van der Waals surface area contributed by atoms with E-state index in [1.165, 1.54) is 64.2 Å². The van der Waals surface area contributed by atoms with Gasteiger partial charge in [0.05, 0.1) is 4.92 Å². The molecule has 0 aliphatic heterocycles. The molecule has 3 saturated carbocycles. The standard InChI is InChI=1S/C22H30N2O2/c1-2-3-4-8-21-10-13-22(14-11-21,15-12-21)9-7-18-5-6-19(17-23)20(16-18)24(25)26/h5-6,16H,2-4,7-15H2,1H3. The molecule has 0 spiro atoms. The van der Waals surface area contributed by atoms with Crippen molar-refractivity contribution in [1.29, 1.82) is 5.26 Å². The highest BCUT2D eigenvalue weighted by atomic mass is 16.6. The Morgan fingerprint density at radius 3 is 2.23 bits per heavy atom. The zero-order valence-electron chi connectivity index (χ0n) is 15.9. The second kappa shape index (κ2) is 7.78. The smallest absolute Gasteiger partial charge is 0.258 e. The zero-order chi connectivity index (χ0) is 18.6. The molecule has 0 amide bonds. The molecule has 4 heteroatoms. The summed E-state index contributed by atoms with van der Waals surface area (Å²) in [7, 11) is 0. The molecule has 26 heavy (non-hydrogen) atoms. The predicted octanol–water partition coefficient (Wildman–Crippen LogP) is 6.32. The number of rotatable bonds is 8. The first kappa shape index (κ1) is 18.9. The minimum absolute atomic E-state index is 0.0512. The maximum Gasteiger partial charge on any atom is 0.287 e. The van der Waals surface area contributed by atoms with Gasteiger partial charge in [0.2, 0.25) is 0 Å². The lowest BCUT2D eigenvalue weighted by atomic mass is 9.51. The summed E-state index contributed by atoms with van der Waals surface area (Å²) >= 11 is 0. The first-order chi connectivity index (χ1) is 12.5. The average Bonchev–Trinajstić information content (AvgIpc) is 2.68. The minimum atomic E-state index is -0.438. The average molecular weight is 354 g/mol. The lowest BCUT2D eigenvalue weighted by Crippen LogP contribution is -2.41. The SMILES string of the molecule is CCCCCC12CCC(CCc3ccc(C#N)c([N+](=O)[O-])c3)(CC1)CC2. The molecule has 0 saturated heterocycles. The number of nitrogens with zero attached hydrogens (tertiary/aromatic N) is 2. The van der Waals surface area contributed by atoms with Crippen molar-refractivity contribution in [3.63, 3.8) is 0 Å². The van der Waals surface area contributed by atoms with E-state index in [1.54, 1.807) is 12.1 Å². The van der Waals surface area contributed by atoms with Crippen molar-refractivity contribution in [2.45, 2.75) is 84.0 Å². The van der Waals surface area contributed by atoms with Crippen molar-refractivity contribution in [3.05, 3.63) is 39.4 Å². The Morgan fingerprint density at radius 1 is 1.08 bits per heavy atom. The molecule has 0 radical (unpaired) electrons. The van der Waals surface area contributed by atoms with Gasteiger partial charge in [-0.3, -0.25) is 10.1 Å². The normalized spacial score (nSPS) is 27.2. The van der Waals surface area contributed by atoms with E-state index in [1.807, 2.05) is 12.1 Å². The van der Waals surface area contributed by atoms with E-state index >= 15 is 0 Å². The highest BCUT2D eigenvalue weighted by Gasteiger charge is 2.47. The van der Waals surface area contributed by atoms with E-state index in [4.69, 9.17) is 5.26 Å². The van der Waals surface area contributed by atoms with Gasteiger partial charge in [0.15, 0.2) is 0 Å². The van der Waals surface area contributed by atoms with Gasteiger partial charge in [0, 0.05) is 6.07 Å². The van der Waals surface area contributed by atoms with Crippen LogP contribution in [0.4, 0.5) is 5.69 Å². The Hall–Kier alpha value is -1.89. The van der Waals surface area contributed by atoms with Gasteiger partial charge in [-0.15, -0.1) is 0 Å². The van der Waals surface area contributed by atoms with Gasteiger partial charge in [-0.2, -0.15) is 5.26 Å². The van der Waals surface area contributed by atoms with Gasteiger partial charge in [0.1, 0.15) is 11.6 Å². The van der Waals surface area contributed by atoms with Gasteiger partial charge in [-0.05, 0) is 80.2 Å². The molecule has 140 valence electrons. The van der Waals surface area contributed by atoms with Gasteiger partial charge >= 0.3 is 0 Å². The van der Waals surface area contributed by atoms with Crippen LogP contribution in [0.15, 0.2) is 18.2 Å². The number of aryl methyl sites for hydroxylation is 1. The monoisotopic (exact) mass is 354 g/mol. The van der Waals surface area contributed by atoms with Crippen molar-refractivity contribution in [2.24, 2.45) is 10.8 Å². The summed E-state index contributed by atoms with van der Waals surface area (Å²) in [6.07, 6.45) is 15.6. The first-order valence-electron chi connectivity index (χ1n) is 10.2. The molecule has 0 N–H and O–H groups in total. The maximum atomic E-state index is 11.2. The van der Waals surface area contributed by atoms with Crippen LogP contribution in [0.25, 0.3) is 0 Å². The Morgan fingerprint density at radius 2 is 1.69 bits per heavy atom. The van der Waals surface area contributed by atoms with Crippen molar-refractivity contribution < 1.29 is 4.92 Å². The van der Waals surface area contributed by atoms with E-state index in [2.05, 4.69) is 6.92 Å². The minimum Gasteiger partial charge on any atom is -0.258 e. The fourth-order valence-corrected chi connectivity index (χ4v) is 5.23. The predicted molar refractivity (Wildman–Crippen MR) is 103 cm³/mol. The second-order valence-corrected chi connectivity index (χ2v) is 8.68. The first-order valence-corrected chi connectivity index (χ1v) is 10.2. The summed E-state index contributed by atoms with van der Waals surface area (Å²) in [6, 6.07) is 7.02.